The first-order valence-corrected chi connectivity index (χ1v) is 11.5. The van der Waals surface area contributed by atoms with Crippen LogP contribution in [0.5, 0.6) is 0 Å². The van der Waals surface area contributed by atoms with E-state index in [-0.39, 0.29) is 0 Å². The van der Waals surface area contributed by atoms with Crippen molar-refractivity contribution in [3.63, 3.8) is 0 Å². The van der Waals surface area contributed by atoms with E-state index >= 15 is 0 Å². The second-order valence-electron chi connectivity index (χ2n) is 6.25. The van der Waals surface area contributed by atoms with Gasteiger partial charge >= 0.3 is 0 Å². The third kappa shape index (κ3) is 4.60. The van der Waals surface area contributed by atoms with Crippen molar-refractivity contribution in [2.75, 3.05) is 13.7 Å². The van der Waals surface area contributed by atoms with Crippen LogP contribution in [0.15, 0.2) is 16.9 Å². The molecule has 0 saturated heterocycles. The van der Waals surface area contributed by atoms with E-state index in [1.54, 1.807) is 13.3 Å². The highest BCUT2D eigenvalue weighted by Gasteiger charge is 2.14. The van der Waals surface area contributed by atoms with Crippen molar-refractivity contribution in [3.05, 3.63) is 22.6 Å². The normalized spacial score (nSPS) is 12.2. The molecule has 5 nitrogen and oxygen atoms in total. The molecule has 0 aliphatic rings. The van der Waals surface area contributed by atoms with Crippen LogP contribution in [0.2, 0.25) is 25.7 Å². The zero-order valence-corrected chi connectivity index (χ0v) is 15.6. The summed E-state index contributed by atoms with van der Waals surface area (Å²) < 4.78 is 13.9. The summed E-state index contributed by atoms with van der Waals surface area (Å²) in [6.45, 7) is 8.84. The molecule has 0 radical (unpaired) electrons. The first-order valence-electron chi connectivity index (χ1n) is 6.98. The van der Waals surface area contributed by atoms with Crippen LogP contribution < -0.4 is 0 Å². The summed E-state index contributed by atoms with van der Waals surface area (Å²) in [4.78, 5) is 8.87. The van der Waals surface area contributed by atoms with Crippen molar-refractivity contribution >= 4 is 35.2 Å². The maximum Gasteiger partial charge on any atom is 0.160 e. The first kappa shape index (κ1) is 16.6. The van der Waals surface area contributed by atoms with Gasteiger partial charge in [-0.2, -0.15) is 0 Å². The monoisotopic (exact) mass is 371 g/mol. The molecule has 0 amide bonds. The Kier molecular flexibility index (Phi) is 5.53. The Morgan fingerprint density at radius 2 is 2.10 bits per heavy atom. The van der Waals surface area contributed by atoms with Crippen molar-refractivity contribution < 1.29 is 9.47 Å². The summed E-state index contributed by atoms with van der Waals surface area (Å²) in [6, 6.07) is 3.15. The van der Waals surface area contributed by atoms with Gasteiger partial charge in [0.25, 0.3) is 0 Å². The van der Waals surface area contributed by atoms with E-state index in [9.17, 15) is 0 Å². The molecule has 2 aromatic heterocycles. The molecular formula is C14H22BrN3O2Si. The van der Waals surface area contributed by atoms with Crippen molar-refractivity contribution in [2.45, 2.75) is 39.0 Å². The zero-order chi connectivity index (χ0) is 15.5. The minimum Gasteiger partial charge on any atom is -0.378 e. The third-order valence-corrected chi connectivity index (χ3v) is 5.25. The summed E-state index contributed by atoms with van der Waals surface area (Å²) in [5.74, 6) is 0. The van der Waals surface area contributed by atoms with Crippen LogP contribution in [0.4, 0.5) is 0 Å². The largest absolute Gasteiger partial charge is 0.378 e. The first-order chi connectivity index (χ1) is 9.90. The molecule has 0 unspecified atom stereocenters. The molecule has 2 aromatic rings. The van der Waals surface area contributed by atoms with Crippen molar-refractivity contribution in [1.82, 2.24) is 14.5 Å². The fourth-order valence-corrected chi connectivity index (χ4v) is 3.05. The number of ether oxygens (including phenoxy) is 2. The topological polar surface area (TPSA) is 49.2 Å². The van der Waals surface area contributed by atoms with Gasteiger partial charge in [0.15, 0.2) is 5.65 Å². The number of aromatic nitrogens is 3. The number of fused-ring (bicyclic) bond motifs is 1. The number of hydrogen-bond acceptors (Lipinski definition) is 4. The lowest BCUT2D eigenvalue weighted by atomic mass is 10.4. The summed E-state index contributed by atoms with van der Waals surface area (Å²) in [6.07, 6.45) is 1.71. The average Bonchev–Trinajstić information content (AvgIpc) is 2.71. The molecule has 0 atom stereocenters. The molecule has 0 spiro atoms. The van der Waals surface area contributed by atoms with E-state index in [0.717, 1.165) is 34.1 Å². The molecule has 0 saturated carbocycles. The number of methoxy groups -OCH3 is 1. The predicted octanol–water partition coefficient (Wildman–Crippen LogP) is 3.65. The van der Waals surface area contributed by atoms with Crippen molar-refractivity contribution in [3.8, 4) is 0 Å². The number of nitrogens with zero attached hydrogens (tertiary/aromatic N) is 3. The fourth-order valence-electron chi connectivity index (χ4n) is 2.00. The van der Waals surface area contributed by atoms with E-state index in [4.69, 9.17) is 9.47 Å². The Morgan fingerprint density at radius 3 is 2.76 bits per heavy atom. The molecule has 116 valence electrons. The van der Waals surface area contributed by atoms with E-state index in [1.807, 2.05) is 10.6 Å². The summed E-state index contributed by atoms with van der Waals surface area (Å²) in [5.41, 5.74) is 2.71. The van der Waals surface area contributed by atoms with Gasteiger partial charge in [-0.3, -0.25) is 0 Å². The number of rotatable bonds is 7. The molecular weight excluding hydrogens is 350 g/mol. The summed E-state index contributed by atoms with van der Waals surface area (Å²) >= 11 is 3.35. The van der Waals surface area contributed by atoms with Gasteiger partial charge in [-0.05, 0) is 28.0 Å². The Balaban J connectivity index is 2.14. The minimum atomic E-state index is -1.06. The second-order valence-corrected chi connectivity index (χ2v) is 12.7. The van der Waals surface area contributed by atoms with E-state index in [0.29, 0.717) is 13.3 Å². The van der Waals surface area contributed by atoms with Gasteiger partial charge in [0.2, 0.25) is 0 Å². The summed E-state index contributed by atoms with van der Waals surface area (Å²) in [5, 5.41) is 0. The van der Waals surface area contributed by atoms with Crippen LogP contribution in [0, 0.1) is 0 Å². The Hall–Kier alpha value is -0.763. The van der Waals surface area contributed by atoms with Gasteiger partial charge < -0.3 is 14.0 Å². The standard InChI is InChI=1S/C14H22BrN3O2Si/c1-19-9-11-7-12-14(16-8-13(15)17-12)18(11)10-20-5-6-21(2,3)4/h7-8H,5-6,9-10H2,1-4H3. The molecule has 2 rings (SSSR count). The van der Waals surface area contributed by atoms with Gasteiger partial charge in [0.1, 0.15) is 16.9 Å². The molecule has 0 aromatic carbocycles. The van der Waals surface area contributed by atoms with E-state index < -0.39 is 8.07 Å². The lowest BCUT2D eigenvalue weighted by molar-refractivity contribution is 0.0823. The zero-order valence-electron chi connectivity index (χ0n) is 13.0. The average molecular weight is 372 g/mol. The van der Waals surface area contributed by atoms with Crippen LogP contribution in [-0.2, 0) is 22.8 Å². The van der Waals surface area contributed by atoms with Gasteiger partial charge in [-0.15, -0.1) is 0 Å². The molecule has 21 heavy (non-hydrogen) atoms. The summed E-state index contributed by atoms with van der Waals surface area (Å²) in [7, 11) is 0.623. The van der Waals surface area contributed by atoms with Crippen LogP contribution in [0.3, 0.4) is 0 Å². The molecule has 0 aliphatic carbocycles. The highest BCUT2D eigenvalue weighted by molar-refractivity contribution is 9.10. The maximum absolute atomic E-state index is 5.84. The third-order valence-electron chi connectivity index (χ3n) is 3.16. The van der Waals surface area contributed by atoms with Gasteiger partial charge in [0.05, 0.1) is 12.8 Å². The van der Waals surface area contributed by atoms with Crippen molar-refractivity contribution in [2.24, 2.45) is 0 Å². The van der Waals surface area contributed by atoms with Crippen LogP contribution in [0.25, 0.3) is 11.2 Å². The molecule has 0 aliphatic heterocycles. The molecule has 0 fully saturated rings. The molecule has 2 heterocycles. The van der Waals surface area contributed by atoms with Crippen LogP contribution in [-0.4, -0.2) is 36.3 Å². The van der Waals surface area contributed by atoms with Crippen LogP contribution >= 0.6 is 15.9 Å². The Labute approximate surface area is 134 Å². The Bertz CT molecular complexity index is 610. The quantitative estimate of drug-likeness (QED) is 0.550. The van der Waals surface area contributed by atoms with Gasteiger partial charge in [-0.25, -0.2) is 9.97 Å². The van der Waals surface area contributed by atoms with Crippen LogP contribution in [0.1, 0.15) is 5.69 Å². The Morgan fingerprint density at radius 1 is 1.33 bits per heavy atom. The smallest absolute Gasteiger partial charge is 0.160 e. The van der Waals surface area contributed by atoms with Gasteiger partial charge in [0, 0.05) is 27.5 Å². The minimum absolute atomic E-state index is 0.489. The predicted molar refractivity (Wildman–Crippen MR) is 90.0 cm³/mol. The SMILES string of the molecule is COCc1cc2nc(Br)cnc2n1COCC[Si](C)(C)C. The fraction of sp³-hybridized carbons (Fsp3) is 0.571. The molecule has 0 bridgehead atoms. The lowest BCUT2D eigenvalue weighted by Gasteiger charge is -2.16. The molecule has 0 N–H and O–H groups in total. The molecule has 7 heteroatoms. The maximum atomic E-state index is 5.84. The van der Waals surface area contributed by atoms with Crippen molar-refractivity contribution in [1.29, 1.82) is 0 Å². The highest BCUT2D eigenvalue weighted by atomic mass is 79.9. The lowest BCUT2D eigenvalue weighted by Crippen LogP contribution is -2.22. The van der Waals surface area contributed by atoms with E-state index in [1.165, 1.54) is 0 Å². The number of hydrogen-bond donors (Lipinski definition) is 0. The second kappa shape index (κ2) is 7.00. The highest BCUT2D eigenvalue weighted by Crippen LogP contribution is 2.19. The van der Waals surface area contributed by atoms with E-state index in [2.05, 4.69) is 45.5 Å². The number of halogens is 1. The van der Waals surface area contributed by atoms with Gasteiger partial charge in [-0.1, -0.05) is 19.6 Å².